The first-order valence-corrected chi connectivity index (χ1v) is 8.24. The molecular formula is C18H29ClN2O. The molecule has 0 heterocycles. The van der Waals surface area contributed by atoms with E-state index in [1.165, 1.54) is 44.1 Å². The maximum atomic E-state index is 12.0. The highest BCUT2D eigenvalue weighted by Crippen LogP contribution is 2.37. The van der Waals surface area contributed by atoms with Crippen molar-refractivity contribution in [1.82, 2.24) is 10.6 Å². The summed E-state index contributed by atoms with van der Waals surface area (Å²) in [6.45, 7) is 1.52. The number of nitrogens with one attached hydrogen (secondary N) is 2. The fourth-order valence-corrected chi connectivity index (χ4v) is 3.36. The van der Waals surface area contributed by atoms with Gasteiger partial charge < -0.3 is 10.6 Å². The Morgan fingerprint density at radius 1 is 1.09 bits per heavy atom. The van der Waals surface area contributed by atoms with E-state index in [1.54, 1.807) is 0 Å². The molecular weight excluding hydrogens is 296 g/mol. The molecule has 0 saturated heterocycles. The highest BCUT2D eigenvalue weighted by molar-refractivity contribution is 5.85. The van der Waals surface area contributed by atoms with Gasteiger partial charge in [0.2, 0.25) is 5.91 Å². The van der Waals surface area contributed by atoms with Gasteiger partial charge in [-0.1, -0.05) is 56.0 Å². The Morgan fingerprint density at radius 3 is 2.32 bits per heavy atom. The fourth-order valence-electron chi connectivity index (χ4n) is 3.36. The normalized spacial score (nSPS) is 17.1. The Balaban J connectivity index is 0.00000242. The summed E-state index contributed by atoms with van der Waals surface area (Å²) in [5.41, 5.74) is 1.52. The molecule has 1 amide bonds. The van der Waals surface area contributed by atoms with Gasteiger partial charge in [0, 0.05) is 24.9 Å². The van der Waals surface area contributed by atoms with Crippen molar-refractivity contribution in [2.45, 2.75) is 50.4 Å². The largest absolute Gasteiger partial charge is 0.355 e. The number of halogens is 1. The van der Waals surface area contributed by atoms with Crippen LogP contribution in [0.5, 0.6) is 0 Å². The molecule has 0 unspecified atom stereocenters. The predicted molar refractivity (Wildman–Crippen MR) is 94.6 cm³/mol. The molecule has 4 heteroatoms. The lowest BCUT2D eigenvalue weighted by Gasteiger charge is -2.34. The minimum absolute atomic E-state index is 0. The van der Waals surface area contributed by atoms with Gasteiger partial charge in [-0.05, 0) is 25.5 Å². The minimum Gasteiger partial charge on any atom is -0.355 e. The summed E-state index contributed by atoms with van der Waals surface area (Å²) in [6, 6.07) is 10.8. The van der Waals surface area contributed by atoms with Crippen LogP contribution in [0, 0.1) is 0 Å². The maximum absolute atomic E-state index is 12.0. The van der Waals surface area contributed by atoms with Crippen LogP contribution < -0.4 is 10.6 Å². The van der Waals surface area contributed by atoms with Crippen molar-refractivity contribution >= 4 is 18.3 Å². The molecule has 124 valence electrons. The van der Waals surface area contributed by atoms with E-state index >= 15 is 0 Å². The van der Waals surface area contributed by atoms with Crippen LogP contribution in [0.15, 0.2) is 30.3 Å². The second-order valence-electron chi connectivity index (χ2n) is 6.19. The Morgan fingerprint density at radius 2 is 1.73 bits per heavy atom. The molecule has 0 aliphatic heterocycles. The van der Waals surface area contributed by atoms with E-state index in [2.05, 4.69) is 41.0 Å². The molecule has 3 nitrogen and oxygen atoms in total. The van der Waals surface area contributed by atoms with Crippen LogP contribution in [0.1, 0.15) is 50.5 Å². The van der Waals surface area contributed by atoms with Crippen molar-refractivity contribution in [3.05, 3.63) is 35.9 Å². The fraction of sp³-hybridized carbons (Fsp3) is 0.611. The number of rotatable bonds is 6. The average molecular weight is 325 g/mol. The quantitative estimate of drug-likeness (QED) is 0.787. The monoisotopic (exact) mass is 324 g/mol. The lowest BCUT2D eigenvalue weighted by atomic mass is 9.74. The Bertz CT molecular complexity index is 428. The molecule has 2 N–H and O–H groups in total. The Hall–Kier alpha value is -1.06. The summed E-state index contributed by atoms with van der Waals surface area (Å²) in [6.07, 6.45) is 8.10. The highest BCUT2D eigenvalue weighted by Gasteiger charge is 2.32. The molecule has 0 aromatic heterocycles. The summed E-state index contributed by atoms with van der Waals surface area (Å²) in [7, 11) is 1.88. The molecule has 0 radical (unpaired) electrons. The summed E-state index contributed by atoms with van der Waals surface area (Å²) < 4.78 is 0. The Kier molecular flexibility index (Phi) is 8.51. The van der Waals surface area contributed by atoms with Gasteiger partial charge in [0.25, 0.3) is 0 Å². The van der Waals surface area contributed by atoms with Crippen molar-refractivity contribution in [2.24, 2.45) is 0 Å². The van der Waals surface area contributed by atoms with E-state index in [0.29, 0.717) is 6.42 Å². The first-order chi connectivity index (χ1) is 10.3. The third-order valence-corrected chi connectivity index (χ3v) is 4.67. The van der Waals surface area contributed by atoms with Crippen molar-refractivity contribution in [1.29, 1.82) is 0 Å². The number of amides is 1. The van der Waals surface area contributed by atoms with Crippen LogP contribution in [-0.2, 0) is 10.2 Å². The summed E-state index contributed by atoms with van der Waals surface area (Å²) in [5, 5.41) is 6.20. The maximum Gasteiger partial charge on any atom is 0.221 e. The molecule has 0 bridgehead atoms. The van der Waals surface area contributed by atoms with Crippen molar-refractivity contribution in [3.8, 4) is 0 Å². The van der Waals surface area contributed by atoms with E-state index in [4.69, 9.17) is 0 Å². The van der Waals surface area contributed by atoms with Crippen LogP contribution in [0.25, 0.3) is 0 Å². The molecule has 1 aromatic carbocycles. The number of carbonyl (C=O) groups excluding carboxylic acids is 1. The molecule has 1 saturated carbocycles. The molecule has 1 aromatic rings. The molecule has 1 fully saturated rings. The van der Waals surface area contributed by atoms with Crippen molar-refractivity contribution in [3.63, 3.8) is 0 Å². The van der Waals surface area contributed by atoms with E-state index in [1.807, 2.05) is 7.05 Å². The molecule has 1 aliphatic rings. The summed E-state index contributed by atoms with van der Waals surface area (Å²) in [5.74, 6) is 0.156. The molecule has 2 rings (SSSR count). The standard InChI is InChI=1S/C18H28N2O.ClH/c1-19-14-11-17(21)20-15-18(12-7-2-3-8-13-18)16-9-5-4-6-10-16;/h4-6,9-10,19H,2-3,7-8,11-15H2,1H3,(H,20,21);1H. The topological polar surface area (TPSA) is 41.1 Å². The summed E-state index contributed by atoms with van der Waals surface area (Å²) >= 11 is 0. The van der Waals surface area contributed by atoms with E-state index < -0.39 is 0 Å². The van der Waals surface area contributed by atoms with Gasteiger partial charge in [-0.25, -0.2) is 0 Å². The average Bonchev–Trinajstić information content (AvgIpc) is 2.78. The van der Waals surface area contributed by atoms with Gasteiger partial charge in [-0.3, -0.25) is 4.79 Å². The van der Waals surface area contributed by atoms with Crippen molar-refractivity contribution < 1.29 is 4.79 Å². The van der Waals surface area contributed by atoms with Crippen molar-refractivity contribution in [2.75, 3.05) is 20.1 Å². The number of benzene rings is 1. The second-order valence-corrected chi connectivity index (χ2v) is 6.19. The number of carbonyl (C=O) groups is 1. The zero-order valence-corrected chi connectivity index (χ0v) is 14.4. The predicted octanol–water partition coefficient (Wildman–Crippen LogP) is 3.43. The highest BCUT2D eigenvalue weighted by atomic mass is 35.5. The number of hydrogen-bond acceptors (Lipinski definition) is 2. The van der Waals surface area contributed by atoms with Crippen LogP contribution in [-0.4, -0.2) is 26.0 Å². The van der Waals surface area contributed by atoms with E-state index in [-0.39, 0.29) is 23.7 Å². The first kappa shape index (κ1) is 19.0. The lowest BCUT2D eigenvalue weighted by Crippen LogP contribution is -2.41. The van der Waals surface area contributed by atoms with Gasteiger partial charge in [0.1, 0.15) is 0 Å². The molecule has 0 atom stereocenters. The van der Waals surface area contributed by atoms with Crippen LogP contribution in [0.3, 0.4) is 0 Å². The van der Waals surface area contributed by atoms with Gasteiger partial charge in [-0.15, -0.1) is 12.4 Å². The molecule has 22 heavy (non-hydrogen) atoms. The van der Waals surface area contributed by atoms with Gasteiger partial charge >= 0.3 is 0 Å². The van der Waals surface area contributed by atoms with Crippen LogP contribution in [0.2, 0.25) is 0 Å². The summed E-state index contributed by atoms with van der Waals surface area (Å²) in [4.78, 5) is 12.0. The third kappa shape index (κ3) is 5.29. The Labute approximate surface area is 140 Å². The number of hydrogen-bond donors (Lipinski definition) is 2. The second kappa shape index (κ2) is 9.86. The smallest absolute Gasteiger partial charge is 0.221 e. The lowest BCUT2D eigenvalue weighted by molar-refractivity contribution is -0.121. The van der Waals surface area contributed by atoms with Crippen LogP contribution >= 0.6 is 12.4 Å². The zero-order valence-electron chi connectivity index (χ0n) is 13.6. The van der Waals surface area contributed by atoms with Gasteiger partial charge in [0.05, 0.1) is 0 Å². The third-order valence-electron chi connectivity index (χ3n) is 4.67. The molecule has 1 aliphatic carbocycles. The van der Waals surface area contributed by atoms with Gasteiger partial charge in [-0.2, -0.15) is 0 Å². The van der Waals surface area contributed by atoms with E-state index in [9.17, 15) is 4.79 Å². The SMILES string of the molecule is CNCCC(=O)NCC1(c2ccccc2)CCCCCC1.Cl. The molecule has 0 spiro atoms. The zero-order chi connectivity index (χ0) is 15.0. The van der Waals surface area contributed by atoms with E-state index in [0.717, 1.165) is 13.1 Å². The minimum atomic E-state index is 0. The first-order valence-electron chi connectivity index (χ1n) is 8.24. The van der Waals surface area contributed by atoms with Gasteiger partial charge in [0.15, 0.2) is 0 Å². The van der Waals surface area contributed by atoms with Crippen LogP contribution in [0.4, 0.5) is 0 Å².